The lowest BCUT2D eigenvalue weighted by atomic mass is 10.00. The zero-order chi connectivity index (χ0) is 25.1. The van der Waals surface area contributed by atoms with E-state index in [0.29, 0.717) is 18.5 Å². The molecular weight excluding hydrogens is 448 g/mol. The van der Waals surface area contributed by atoms with Crippen molar-refractivity contribution in [3.63, 3.8) is 0 Å². The number of aromatic nitrogens is 2. The molecule has 0 aliphatic heterocycles. The number of H-pyrrole nitrogens is 1. The van der Waals surface area contributed by atoms with Crippen molar-refractivity contribution in [1.29, 1.82) is 0 Å². The third kappa shape index (κ3) is 10.3. The number of hydrogen-bond acceptors (Lipinski definition) is 7. The van der Waals surface area contributed by atoms with Crippen LogP contribution in [0.5, 0.6) is 0 Å². The lowest BCUT2D eigenvalue weighted by Crippen LogP contribution is -2.58. The van der Waals surface area contributed by atoms with Crippen molar-refractivity contribution in [1.82, 2.24) is 25.9 Å². The minimum absolute atomic E-state index is 0.0473. The number of carboxylic acid groups (broad SMARTS) is 1. The van der Waals surface area contributed by atoms with Crippen molar-refractivity contribution >= 4 is 36.3 Å². The second kappa shape index (κ2) is 13.8. The summed E-state index contributed by atoms with van der Waals surface area (Å²) in [4.78, 5) is 56.5. The Hall–Kier alpha value is -2.60. The maximum Gasteiger partial charge on any atom is 0.327 e. The van der Waals surface area contributed by atoms with E-state index in [1.54, 1.807) is 0 Å². The molecule has 11 nitrogen and oxygen atoms in total. The van der Waals surface area contributed by atoms with Crippen molar-refractivity contribution in [2.75, 3.05) is 5.75 Å². The number of carboxylic acids is 1. The van der Waals surface area contributed by atoms with Crippen LogP contribution in [-0.2, 0) is 25.6 Å². The number of imidazole rings is 1. The van der Waals surface area contributed by atoms with Crippen molar-refractivity contribution in [2.45, 2.75) is 71.1 Å². The molecule has 0 fully saturated rings. The molecule has 186 valence electrons. The summed E-state index contributed by atoms with van der Waals surface area (Å²) in [6.07, 6.45) is 3.77. The van der Waals surface area contributed by atoms with Crippen LogP contribution in [0.25, 0.3) is 0 Å². The van der Waals surface area contributed by atoms with Crippen LogP contribution in [0.1, 0.15) is 46.2 Å². The third-order valence-corrected chi connectivity index (χ3v) is 5.18. The van der Waals surface area contributed by atoms with Gasteiger partial charge in [-0.05, 0) is 24.7 Å². The molecule has 0 aliphatic carbocycles. The molecule has 7 N–H and O–H groups in total. The van der Waals surface area contributed by atoms with Gasteiger partial charge in [0.25, 0.3) is 0 Å². The molecule has 33 heavy (non-hydrogen) atoms. The summed E-state index contributed by atoms with van der Waals surface area (Å²) >= 11 is 3.95. The van der Waals surface area contributed by atoms with Gasteiger partial charge in [-0.2, -0.15) is 12.6 Å². The molecule has 1 heterocycles. The fraction of sp³-hybridized carbons (Fsp3) is 0.667. The Morgan fingerprint density at radius 3 is 2.00 bits per heavy atom. The fourth-order valence-corrected chi connectivity index (χ4v) is 3.40. The zero-order valence-corrected chi connectivity index (χ0v) is 20.4. The largest absolute Gasteiger partial charge is 0.480 e. The molecule has 1 rings (SSSR count). The van der Waals surface area contributed by atoms with Crippen LogP contribution in [0.3, 0.4) is 0 Å². The molecular formula is C21H36N6O5S. The van der Waals surface area contributed by atoms with Crippen LogP contribution in [0, 0.1) is 11.8 Å². The van der Waals surface area contributed by atoms with Gasteiger partial charge in [-0.1, -0.05) is 27.7 Å². The number of nitrogens with zero attached hydrogens (tertiary/aromatic N) is 1. The first-order chi connectivity index (χ1) is 15.4. The number of amides is 3. The van der Waals surface area contributed by atoms with Gasteiger partial charge in [0.1, 0.15) is 18.1 Å². The Balaban J connectivity index is 3.01. The molecule has 1 aromatic heterocycles. The number of nitrogens with two attached hydrogens (primary N) is 1. The van der Waals surface area contributed by atoms with Gasteiger partial charge in [-0.3, -0.25) is 14.4 Å². The first-order valence-corrected chi connectivity index (χ1v) is 11.5. The second-order valence-electron chi connectivity index (χ2n) is 8.85. The lowest BCUT2D eigenvalue weighted by Gasteiger charge is -2.26. The monoisotopic (exact) mass is 484 g/mol. The van der Waals surface area contributed by atoms with Gasteiger partial charge >= 0.3 is 5.97 Å². The molecule has 0 saturated carbocycles. The average Bonchev–Trinajstić information content (AvgIpc) is 3.22. The number of aliphatic carboxylic acids is 1. The first-order valence-electron chi connectivity index (χ1n) is 10.9. The van der Waals surface area contributed by atoms with Gasteiger partial charge in [0.2, 0.25) is 17.7 Å². The molecule has 1 aromatic rings. The maximum atomic E-state index is 13.1. The van der Waals surface area contributed by atoms with E-state index >= 15 is 0 Å². The van der Waals surface area contributed by atoms with Gasteiger partial charge in [0, 0.05) is 24.1 Å². The van der Waals surface area contributed by atoms with Crippen LogP contribution in [-0.4, -0.2) is 68.7 Å². The average molecular weight is 485 g/mol. The van der Waals surface area contributed by atoms with Crippen LogP contribution in [0.15, 0.2) is 12.5 Å². The van der Waals surface area contributed by atoms with Gasteiger partial charge < -0.3 is 31.8 Å². The van der Waals surface area contributed by atoms with Crippen LogP contribution < -0.4 is 21.7 Å². The smallest absolute Gasteiger partial charge is 0.327 e. The van der Waals surface area contributed by atoms with Crippen molar-refractivity contribution in [3.05, 3.63) is 18.2 Å². The molecule has 4 atom stereocenters. The predicted molar refractivity (Wildman–Crippen MR) is 126 cm³/mol. The minimum atomic E-state index is -1.24. The molecule has 0 radical (unpaired) electrons. The fourth-order valence-electron chi connectivity index (χ4n) is 3.15. The highest BCUT2D eigenvalue weighted by molar-refractivity contribution is 7.80. The third-order valence-electron chi connectivity index (χ3n) is 4.81. The Labute approximate surface area is 199 Å². The molecule has 0 bridgehead atoms. The zero-order valence-electron chi connectivity index (χ0n) is 19.5. The lowest BCUT2D eigenvalue weighted by molar-refractivity contribution is -0.141. The van der Waals surface area contributed by atoms with Crippen LogP contribution >= 0.6 is 12.6 Å². The highest BCUT2D eigenvalue weighted by Gasteiger charge is 2.31. The molecule has 4 unspecified atom stereocenters. The Morgan fingerprint density at radius 2 is 1.52 bits per heavy atom. The van der Waals surface area contributed by atoms with E-state index in [1.807, 2.05) is 27.7 Å². The number of hydrogen-bond donors (Lipinski definition) is 7. The number of thiol groups is 1. The van der Waals surface area contributed by atoms with E-state index in [1.165, 1.54) is 12.5 Å². The number of nitrogens with one attached hydrogen (secondary N) is 4. The molecule has 0 spiro atoms. The summed E-state index contributed by atoms with van der Waals surface area (Å²) in [6.45, 7) is 7.69. The summed E-state index contributed by atoms with van der Waals surface area (Å²) in [5, 5.41) is 16.9. The van der Waals surface area contributed by atoms with E-state index in [0.717, 1.165) is 0 Å². The van der Waals surface area contributed by atoms with Crippen LogP contribution in [0.4, 0.5) is 0 Å². The number of carbonyl (C=O) groups excluding carboxylic acids is 3. The van der Waals surface area contributed by atoms with Gasteiger partial charge in [0.15, 0.2) is 0 Å². The summed E-state index contributed by atoms with van der Waals surface area (Å²) in [6, 6.07) is -3.99. The highest BCUT2D eigenvalue weighted by Crippen LogP contribution is 2.09. The van der Waals surface area contributed by atoms with E-state index in [-0.39, 0.29) is 24.0 Å². The number of carbonyl (C=O) groups is 4. The van der Waals surface area contributed by atoms with Gasteiger partial charge in [0.05, 0.1) is 12.4 Å². The van der Waals surface area contributed by atoms with Crippen molar-refractivity contribution in [3.8, 4) is 0 Å². The first kappa shape index (κ1) is 28.4. The number of rotatable bonds is 14. The summed E-state index contributed by atoms with van der Waals surface area (Å²) in [7, 11) is 0. The Bertz CT molecular complexity index is 786. The quantitative estimate of drug-likeness (QED) is 0.179. The normalized spacial score (nSPS) is 14.9. The molecule has 0 aromatic carbocycles. The topological polar surface area (TPSA) is 179 Å². The summed E-state index contributed by atoms with van der Waals surface area (Å²) in [5.41, 5.74) is 6.52. The molecule has 0 aliphatic rings. The van der Waals surface area contributed by atoms with Gasteiger partial charge in [-0.25, -0.2) is 9.78 Å². The highest BCUT2D eigenvalue weighted by atomic mass is 32.1. The van der Waals surface area contributed by atoms with E-state index in [9.17, 15) is 24.3 Å². The Kier molecular flexibility index (Phi) is 11.9. The minimum Gasteiger partial charge on any atom is -0.480 e. The van der Waals surface area contributed by atoms with E-state index < -0.39 is 47.9 Å². The van der Waals surface area contributed by atoms with Crippen molar-refractivity contribution < 1.29 is 24.3 Å². The van der Waals surface area contributed by atoms with Gasteiger partial charge in [-0.15, -0.1) is 0 Å². The maximum absolute atomic E-state index is 13.1. The molecule has 12 heteroatoms. The predicted octanol–water partition coefficient (Wildman–Crippen LogP) is -0.159. The van der Waals surface area contributed by atoms with E-state index in [4.69, 9.17) is 5.73 Å². The second-order valence-corrected chi connectivity index (χ2v) is 9.22. The molecule has 3 amide bonds. The van der Waals surface area contributed by atoms with Crippen LogP contribution in [0.2, 0.25) is 0 Å². The van der Waals surface area contributed by atoms with Crippen molar-refractivity contribution in [2.24, 2.45) is 17.6 Å². The number of aromatic amines is 1. The summed E-state index contributed by atoms with van der Waals surface area (Å²) in [5.74, 6) is -2.78. The SMILES string of the molecule is CC(C)CC(N)C(=O)NC(CC(C)C)C(=O)NC(Cc1cnc[nH]1)C(=O)NC(CS)C(=O)O. The Morgan fingerprint density at radius 1 is 0.970 bits per heavy atom. The summed E-state index contributed by atoms with van der Waals surface area (Å²) < 4.78 is 0. The standard InChI is InChI=1S/C21H36N6O5S/c1-11(2)5-14(22)18(28)25-15(6-12(3)4)19(29)26-16(7-13-8-23-10-24-13)20(30)27-17(9-33)21(31)32/h8,10-12,14-17,33H,5-7,9,22H2,1-4H3,(H,23,24)(H,25,28)(H,26,29)(H,27,30)(H,31,32). The molecule has 0 saturated heterocycles. The van der Waals surface area contributed by atoms with E-state index in [2.05, 4.69) is 38.5 Å².